The van der Waals surface area contributed by atoms with E-state index in [1.165, 1.54) is 23.9 Å². The molecular weight excluding hydrogens is 339 g/mol. The maximum atomic E-state index is 13.2. The van der Waals surface area contributed by atoms with Crippen molar-refractivity contribution in [3.8, 4) is 0 Å². The Kier molecular flexibility index (Phi) is 4.00. The summed E-state index contributed by atoms with van der Waals surface area (Å²) in [5.41, 5.74) is 1.68. The molecule has 4 nitrogen and oxygen atoms in total. The van der Waals surface area contributed by atoms with Crippen LogP contribution in [0.4, 0.5) is 10.1 Å². The van der Waals surface area contributed by atoms with Crippen LogP contribution in [0, 0.1) is 5.82 Å². The second-order valence-electron chi connectivity index (χ2n) is 6.44. The van der Waals surface area contributed by atoms with Gasteiger partial charge in [-0.1, -0.05) is 12.1 Å². The summed E-state index contributed by atoms with van der Waals surface area (Å²) in [5.74, 6) is -0.132. The first-order valence-electron chi connectivity index (χ1n) is 8.21. The van der Waals surface area contributed by atoms with E-state index in [1.807, 2.05) is 6.07 Å². The van der Waals surface area contributed by atoms with E-state index in [2.05, 4.69) is 10.6 Å². The first-order valence-corrected chi connectivity index (χ1v) is 9.20. The number of rotatable bonds is 3. The largest absolute Gasteiger partial charge is 0.343 e. The van der Waals surface area contributed by atoms with E-state index in [0.717, 1.165) is 29.7 Å². The molecule has 2 N–H and O–H groups in total. The van der Waals surface area contributed by atoms with E-state index < -0.39 is 5.54 Å². The normalized spacial score (nSPS) is 17.9. The smallest absolute Gasteiger partial charge is 0.252 e. The molecule has 0 radical (unpaired) electrons. The zero-order chi connectivity index (χ0) is 17.4. The number of amides is 2. The molecule has 1 aliphatic heterocycles. The summed E-state index contributed by atoms with van der Waals surface area (Å²) in [6, 6.07) is 11.7. The van der Waals surface area contributed by atoms with Crippen molar-refractivity contribution >= 4 is 29.3 Å². The van der Waals surface area contributed by atoms with Gasteiger partial charge >= 0.3 is 0 Å². The zero-order valence-corrected chi connectivity index (χ0v) is 14.3. The summed E-state index contributed by atoms with van der Waals surface area (Å²) in [4.78, 5) is 25.3. The third-order valence-electron chi connectivity index (χ3n) is 4.83. The van der Waals surface area contributed by atoms with Gasteiger partial charge in [-0.2, -0.15) is 0 Å². The third kappa shape index (κ3) is 3.02. The number of hydrogen-bond acceptors (Lipinski definition) is 3. The Hall–Kier alpha value is -2.34. The predicted octanol–water partition coefficient (Wildman–Crippen LogP) is 3.68. The van der Waals surface area contributed by atoms with Crippen molar-refractivity contribution < 1.29 is 14.0 Å². The van der Waals surface area contributed by atoms with Crippen LogP contribution in [0.5, 0.6) is 0 Å². The maximum Gasteiger partial charge on any atom is 0.252 e. The second-order valence-corrected chi connectivity index (χ2v) is 7.46. The van der Waals surface area contributed by atoms with Gasteiger partial charge in [0.25, 0.3) is 5.91 Å². The summed E-state index contributed by atoms with van der Waals surface area (Å²) in [6.45, 7) is 0. The number of anilines is 1. The van der Waals surface area contributed by atoms with E-state index in [1.54, 1.807) is 24.3 Å². The number of carbonyl (C=O) groups is 2. The minimum Gasteiger partial charge on any atom is -0.343 e. The Morgan fingerprint density at radius 3 is 2.60 bits per heavy atom. The number of nitrogens with one attached hydrogen (secondary N) is 2. The molecule has 0 spiro atoms. The number of benzene rings is 2. The molecule has 2 aromatic carbocycles. The van der Waals surface area contributed by atoms with Crippen molar-refractivity contribution in [2.75, 3.05) is 11.1 Å². The van der Waals surface area contributed by atoms with Gasteiger partial charge in [-0.05, 0) is 55.2 Å². The van der Waals surface area contributed by atoms with E-state index in [9.17, 15) is 14.0 Å². The van der Waals surface area contributed by atoms with Gasteiger partial charge in [-0.15, -0.1) is 11.8 Å². The Morgan fingerprint density at radius 1 is 1.16 bits per heavy atom. The van der Waals surface area contributed by atoms with Crippen LogP contribution in [0.1, 0.15) is 35.2 Å². The Morgan fingerprint density at radius 2 is 1.92 bits per heavy atom. The van der Waals surface area contributed by atoms with Crippen molar-refractivity contribution in [2.45, 2.75) is 29.7 Å². The topological polar surface area (TPSA) is 58.2 Å². The van der Waals surface area contributed by atoms with Crippen LogP contribution in [-0.2, 0) is 10.3 Å². The quantitative estimate of drug-likeness (QED) is 0.882. The van der Waals surface area contributed by atoms with Gasteiger partial charge in [0.15, 0.2) is 0 Å². The van der Waals surface area contributed by atoms with Crippen LogP contribution in [-0.4, -0.2) is 17.6 Å². The fourth-order valence-electron chi connectivity index (χ4n) is 3.30. The van der Waals surface area contributed by atoms with Crippen LogP contribution in [0.25, 0.3) is 0 Å². The molecule has 0 aromatic heterocycles. The standard InChI is InChI=1S/C19H17FN2O2S/c20-14-5-3-13(4-6-14)19(8-1-9-19)22-18(24)12-2-7-16-15(10-12)21-17(23)11-25-16/h2-7,10H,1,8-9,11H2,(H,21,23)(H,22,24). The van der Waals surface area contributed by atoms with Gasteiger partial charge in [-0.25, -0.2) is 4.39 Å². The molecular formula is C19H17FN2O2S. The van der Waals surface area contributed by atoms with Crippen molar-refractivity contribution in [3.63, 3.8) is 0 Å². The Bertz CT molecular complexity index is 847. The van der Waals surface area contributed by atoms with Crippen LogP contribution >= 0.6 is 11.8 Å². The lowest BCUT2D eigenvalue weighted by Gasteiger charge is -2.43. The molecule has 0 bridgehead atoms. The predicted molar refractivity (Wildman–Crippen MR) is 95.2 cm³/mol. The van der Waals surface area contributed by atoms with Crippen LogP contribution in [0.3, 0.4) is 0 Å². The number of carbonyl (C=O) groups excluding carboxylic acids is 2. The van der Waals surface area contributed by atoms with E-state index in [-0.39, 0.29) is 17.6 Å². The highest BCUT2D eigenvalue weighted by molar-refractivity contribution is 8.00. The van der Waals surface area contributed by atoms with Crippen LogP contribution in [0.15, 0.2) is 47.4 Å². The van der Waals surface area contributed by atoms with Gasteiger partial charge in [0.05, 0.1) is 17.0 Å². The fraction of sp³-hybridized carbons (Fsp3) is 0.263. The summed E-state index contributed by atoms with van der Waals surface area (Å²) >= 11 is 1.46. The average Bonchev–Trinajstić information content (AvgIpc) is 2.58. The van der Waals surface area contributed by atoms with Gasteiger partial charge in [0, 0.05) is 10.5 Å². The number of hydrogen-bond donors (Lipinski definition) is 2. The molecule has 2 aromatic rings. The number of halogens is 1. The molecule has 1 fully saturated rings. The highest BCUT2D eigenvalue weighted by atomic mass is 32.2. The molecule has 0 atom stereocenters. The van der Waals surface area contributed by atoms with Gasteiger partial charge < -0.3 is 10.6 Å². The fourth-order valence-corrected chi connectivity index (χ4v) is 4.09. The molecule has 0 saturated heterocycles. The summed E-state index contributed by atoms with van der Waals surface area (Å²) < 4.78 is 13.2. The lowest BCUT2D eigenvalue weighted by molar-refractivity contribution is -0.113. The molecule has 25 heavy (non-hydrogen) atoms. The monoisotopic (exact) mass is 356 g/mol. The summed E-state index contributed by atoms with van der Waals surface area (Å²) in [6.07, 6.45) is 2.69. The van der Waals surface area contributed by atoms with E-state index in [4.69, 9.17) is 0 Å². The average molecular weight is 356 g/mol. The van der Waals surface area contributed by atoms with E-state index in [0.29, 0.717) is 17.0 Å². The van der Waals surface area contributed by atoms with Crippen molar-refractivity contribution in [1.29, 1.82) is 0 Å². The lowest BCUT2D eigenvalue weighted by atomic mass is 9.71. The molecule has 1 aliphatic carbocycles. The molecule has 1 heterocycles. The Labute approximate surface area is 149 Å². The molecule has 4 rings (SSSR count). The van der Waals surface area contributed by atoms with Gasteiger partial charge in [-0.3, -0.25) is 9.59 Å². The molecule has 128 valence electrons. The van der Waals surface area contributed by atoms with Crippen LogP contribution < -0.4 is 10.6 Å². The third-order valence-corrected chi connectivity index (χ3v) is 5.90. The van der Waals surface area contributed by atoms with E-state index >= 15 is 0 Å². The van der Waals surface area contributed by atoms with Gasteiger partial charge in [0.2, 0.25) is 5.91 Å². The first-order chi connectivity index (χ1) is 12.1. The molecule has 6 heteroatoms. The zero-order valence-electron chi connectivity index (χ0n) is 13.5. The Balaban J connectivity index is 1.58. The molecule has 0 unspecified atom stereocenters. The number of fused-ring (bicyclic) bond motifs is 1. The minimum atomic E-state index is -0.432. The van der Waals surface area contributed by atoms with Crippen molar-refractivity contribution in [2.24, 2.45) is 0 Å². The first kappa shape index (κ1) is 16.1. The minimum absolute atomic E-state index is 0.0585. The van der Waals surface area contributed by atoms with Crippen LogP contribution in [0.2, 0.25) is 0 Å². The highest BCUT2D eigenvalue weighted by Gasteiger charge is 2.40. The SMILES string of the molecule is O=C1CSc2ccc(C(=O)NC3(c4ccc(F)cc4)CCC3)cc2N1. The van der Waals surface area contributed by atoms with Gasteiger partial charge in [0.1, 0.15) is 5.82 Å². The summed E-state index contributed by atoms with van der Waals surface area (Å²) in [7, 11) is 0. The second kappa shape index (κ2) is 6.19. The lowest BCUT2D eigenvalue weighted by Crippen LogP contribution is -2.50. The molecule has 2 amide bonds. The highest BCUT2D eigenvalue weighted by Crippen LogP contribution is 2.41. The van der Waals surface area contributed by atoms with Crippen molar-refractivity contribution in [3.05, 3.63) is 59.4 Å². The molecule has 1 saturated carbocycles. The summed E-state index contributed by atoms with van der Waals surface area (Å²) in [5, 5.41) is 5.92. The number of thioether (sulfide) groups is 1. The maximum absolute atomic E-state index is 13.2. The molecule has 2 aliphatic rings. The van der Waals surface area contributed by atoms with Crippen molar-refractivity contribution in [1.82, 2.24) is 5.32 Å².